The molecule has 0 aliphatic rings. The highest BCUT2D eigenvalue weighted by molar-refractivity contribution is 14.1. The van der Waals surface area contributed by atoms with E-state index in [1.165, 1.54) is 17.3 Å². The lowest BCUT2D eigenvalue weighted by Crippen LogP contribution is -2.34. The quantitative estimate of drug-likeness (QED) is 0.392. The molecule has 0 aliphatic carbocycles. The summed E-state index contributed by atoms with van der Waals surface area (Å²) in [6.45, 7) is 4.37. The zero-order valence-corrected chi connectivity index (χ0v) is 13.7. The number of hydrogen-bond acceptors (Lipinski definition) is 1. The van der Waals surface area contributed by atoms with E-state index in [2.05, 4.69) is 59.0 Å². The van der Waals surface area contributed by atoms with Gasteiger partial charge in [0.1, 0.15) is 10.5 Å². The van der Waals surface area contributed by atoms with E-state index in [9.17, 15) is 0 Å². The maximum absolute atomic E-state index is 5.53. The van der Waals surface area contributed by atoms with Gasteiger partial charge in [-0.1, -0.05) is 45.2 Å². The summed E-state index contributed by atoms with van der Waals surface area (Å²) in [4.78, 5) is 0. The molecule has 0 amide bonds. The van der Waals surface area contributed by atoms with Gasteiger partial charge in [-0.3, -0.25) is 0 Å². The topological polar surface area (TPSA) is 9.23 Å². The predicted octanol–water partition coefficient (Wildman–Crippen LogP) is 2.08. The Morgan fingerprint density at radius 1 is 1.55 bits per heavy atom. The van der Waals surface area contributed by atoms with Gasteiger partial charge < -0.3 is 4.43 Å². The third-order valence-corrected chi connectivity index (χ3v) is 5.81. The van der Waals surface area contributed by atoms with Crippen molar-refractivity contribution in [2.45, 2.75) is 36.2 Å². The highest BCUT2D eigenvalue weighted by Gasteiger charge is 2.25. The first-order valence-electron chi connectivity index (χ1n) is 3.79. The fourth-order valence-corrected chi connectivity index (χ4v) is 2.63. The standard InChI is InChI=1S/C7H16I2OSi/c1-7(2,10-11)6(9)4-3-5-8/h6H,3-5H2,1-2,11H3. The van der Waals surface area contributed by atoms with Gasteiger partial charge in [0, 0.05) is 3.92 Å². The maximum Gasteiger partial charge on any atom is 0.146 e. The van der Waals surface area contributed by atoms with Crippen LogP contribution in [0.25, 0.3) is 0 Å². The Morgan fingerprint density at radius 2 is 2.09 bits per heavy atom. The van der Waals surface area contributed by atoms with Gasteiger partial charge in [-0.25, -0.2) is 0 Å². The zero-order valence-electron chi connectivity index (χ0n) is 7.36. The third kappa shape index (κ3) is 5.04. The number of alkyl halides is 2. The summed E-state index contributed by atoms with van der Waals surface area (Å²) in [5, 5.41) is 0. The smallest absolute Gasteiger partial charge is 0.146 e. The monoisotopic (exact) mass is 398 g/mol. The molecule has 0 aliphatic heterocycles. The van der Waals surface area contributed by atoms with Crippen LogP contribution >= 0.6 is 45.2 Å². The van der Waals surface area contributed by atoms with Crippen molar-refractivity contribution in [2.24, 2.45) is 0 Å². The van der Waals surface area contributed by atoms with Crippen LogP contribution in [0.4, 0.5) is 0 Å². The van der Waals surface area contributed by atoms with Crippen molar-refractivity contribution < 1.29 is 4.43 Å². The summed E-state index contributed by atoms with van der Waals surface area (Å²) in [5.74, 6) is 0. The molecule has 0 aromatic heterocycles. The summed E-state index contributed by atoms with van der Waals surface area (Å²) < 4.78 is 7.44. The first kappa shape index (κ1) is 12.6. The normalized spacial score (nSPS) is 15.3. The molecular weight excluding hydrogens is 382 g/mol. The molecule has 0 aromatic carbocycles. The molecule has 1 unspecified atom stereocenters. The molecule has 11 heavy (non-hydrogen) atoms. The fraction of sp³-hybridized carbons (Fsp3) is 1.00. The number of halogens is 2. The molecule has 0 fully saturated rings. The van der Waals surface area contributed by atoms with E-state index in [0.29, 0.717) is 3.92 Å². The van der Waals surface area contributed by atoms with Crippen LogP contribution in [-0.2, 0) is 4.43 Å². The van der Waals surface area contributed by atoms with Crippen LogP contribution in [-0.4, -0.2) is 24.4 Å². The molecule has 0 saturated heterocycles. The van der Waals surface area contributed by atoms with Crippen LogP contribution in [0.5, 0.6) is 0 Å². The first-order chi connectivity index (χ1) is 5.04. The SMILES string of the molecule is CC(C)(O[SiH3])C(I)CCCI. The van der Waals surface area contributed by atoms with Crippen LogP contribution in [0.15, 0.2) is 0 Å². The van der Waals surface area contributed by atoms with Gasteiger partial charge in [0.15, 0.2) is 0 Å². The van der Waals surface area contributed by atoms with Crippen LogP contribution in [0, 0.1) is 0 Å². The third-order valence-electron chi connectivity index (χ3n) is 1.87. The van der Waals surface area contributed by atoms with Crippen LogP contribution < -0.4 is 0 Å². The van der Waals surface area contributed by atoms with Crippen molar-refractivity contribution in [3.8, 4) is 0 Å². The molecule has 0 saturated carbocycles. The van der Waals surface area contributed by atoms with Gasteiger partial charge in [0.05, 0.1) is 5.60 Å². The molecule has 0 rings (SSSR count). The van der Waals surface area contributed by atoms with Crippen LogP contribution in [0.2, 0.25) is 0 Å². The molecule has 1 atom stereocenters. The minimum Gasteiger partial charge on any atom is -0.422 e. The van der Waals surface area contributed by atoms with E-state index in [0.717, 1.165) is 10.5 Å². The number of hydrogen-bond donors (Lipinski definition) is 0. The molecule has 0 N–H and O–H groups in total. The van der Waals surface area contributed by atoms with E-state index in [1.807, 2.05) is 0 Å². The highest BCUT2D eigenvalue weighted by Crippen LogP contribution is 2.25. The van der Waals surface area contributed by atoms with Gasteiger partial charge in [-0.2, -0.15) is 0 Å². The van der Waals surface area contributed by atoms with Gasteiger partial charge in [-0.05, 0) is 31.1 Å². The van der Waals surface area contributed by atoms with E-state index in [1.54, 1.807) is 0 Å². The first-order valence-corrected chi connectivity index (χ1v) is 7.38. The Labute approximate surface area is 99.9 Å². The van der Waals surface area contributed by atoms with Crippen LogP contribution in [0.3, 0.4) is 0 Å². The Morgan fingerprint density at radius 3 is 2.45 bits per heavy atom. The minimum absolute atomic E-state index is 0.0958. The van der Waals surface area contributed by atoms with E-state index in [4.69, 9.17) is 4.43 Å². The van der Waals surface area contributed by atoms with Gasteiger partial charge in [-0.15, -0.1) is 0 Å². The van der Waals surface area contributed by atoms with Crippen molar-refractivity contribution >= 4 is 55.7 Å². The molecule has 1 nitrogen and oxygen atoms in total. The van der Waals surface area contributed by atoms with Crippen molar-refractivity contribution in [2.75, 3.05) is 4.43 Å². The lowest BCUT2D eigenvalue weighted by Gasteiger charge is -2.29. The minimum atomic E-state index is 0.0958. The highest BCUT2D eigenvalue weighted by atomic mass is 127. The van der Waals surface area contributed by atoms with Crippen LogP contribution in [0.1, 0.15) is 26.7 Å². The Bertz CT molecular complexity index is 109. The summed E-state index contributed by atoms with van der Waals surface area (Å²) in [7, 11) is 0.847. The fourth-order valence-electron chi connectivity index (χ4n) is 0.732. The second-order valence-electron chi connectivity index (χ2n) is 3.11. The van der Waals surface area contributed by atoms with Crippen molar-refractivity contribution in [1.82, 2.24) is 0 Å². The van der Waals surface area contributed by atoms with Gasteiger partial charge in [0.2, 0.25) is 0 Å². The molecule has 0 heterocycles. The Kier molecular flexibility index (Phi) is 7.06. The molecule has 68 valence electrons. The van der Waals surface area contributed by atoms with E-state index in [-0.39, 0.29) is 5.60 Å². The molecule has 0 aromatic rings. The van der Waals surface area contributed by atoms with Gasteiger partial charge in [0.25, 0.3) is 0 Å². The predicted molar refractivity (Wildman–Crippen MR) is 71.0 cm³/mol. The summed E-state index contributed by atoms with van der Waals surface area (Å²) in [5.41, 5.74) is 0.0958. The second kappa shape index (κ2) is 6.15. The van der Waals surface area contributed by atoms with Crippen molar-refractivity contribution in [3.05, 3.63) is 0 Å². The summed E-state index contributed by atoms with van der Waals surface area (Å²) >= 11 is 4.93. The molecule has 0 bridgehead atoms. The Balaban J connectivity index is 3.71. The molecular formula is C7H16I2OSi. The van der Waals surface area contributed by atoms with E-state index < -0.39 is 0 Å². The number of rotatable bonds is 5. The lowest BCUT2D eigenvalue weighted by atomic mass is 10.0. The lowest BCUT2D eigenvalue weighted by molar-refractivity contribution is 0.122. The average Bonchev–Trinajstić information content (AvgIpc) is 2.00. The zero-order chi connectivity index (χ0) is 8.91. The Hall–Kier alpha value is 1.64. The molecule has 0 spiro atoms. The molecule has 4 heteroatoms. The molecule has 0 radical (unpaired) electrons. The van der Waals surface area contributed by atoms with Gasteiger partial charge >= 0.3 is 0 Å². The van der Waals surface area contributed by atoms with E-state index >= 15 is 0 Å². The average molecular weight is 398 g/mol. The van der Waals surface area contributed by atoms with Crippen molar-refractivity contribution in [3.63, 3.8) is 0 Å². The second-order valence-corrected chi connectivity index (χ2v) is 6.10. The largest absolute Gasteiger partial charge is 0.422 e. The summed E-state index contributed by atoms with van der Waals surface area (Å²) in [6, 6.07) is 0. The maximum atomic E-state index is 5.53. The van der Waals surface area contributed by atoms with Crippen molar-refractivity contribution in [1.29, 1.82) is 0 Å². The summed E-state index contributed by atoms with van der Waals surface area (Å²) in [6.07, 6.45) is 2.58.